The molecule has 0 aliphatic carbocycles. The van der Waals surface area contributed by atoms with Gasteiger partial charge in [-0.05, 0) is 37.6 Å². The van der Waals surface area contributed by atoms with Gasteiger partial charge >= 0.3 is 0 Å². The predicted octanol–water partition coefficient (Wildman–Crippen LogP) is 2.64. The summed E-state index contributed by atoms with van der Waals surface area (Å²) >= 11 is 0. The van der Waals surface area contributed by atoms with Gasteiger partial charge in [0.2, 0.25) is 0 Å². The van der Waals surface area contributed by atoms with Crippen LogP contribution in [0.2, 0.25) is 0 Å². The van der Waals surface area contributed by atoms with Gasteiger partial charge in [-0.15, -0.1) is 0 Å². The normalized spacial score (nSPS) is 12.2. The van der Waals surface area contributed by atoms with Gasteiger partial charge in [0.05, 0.1) is 18.4 Å². The lowest BCUT2D eigenvalue weighted by Crippen LogP contribution is -2.30. The Labute approximate surface area is 167 Å². The molecule has 29 heavy (non-hydrogen) atoms. The summed E-state index contributed by atoms with van der Waals surface area (Å²) in [5.74, 6) is 0.722. The molecule has 2 aromatic carbocycles. The Morgan fingerprint density at radius 2 is 1.93 bits per heavy atom. The Bertz CT molecular complexity index is 1200. The number of rotatable bonds is 6. The highest BCUT2D eigenvalue weighted by molar-refractivity contribution is 5.74. The quantitative estimate of drug-likeness (QED) is 0.547. The number of nitrogens with zero attached hydrogens (tertiary/aromatic N) is 4. The molecule has 7 nitrogen and oxygen atoms in total. The van der Waals surface area contributed by atoms with E-state index in [-0.39, 0.29) is 18.7 Å². The summed E-state index contributed by atoms with van der Waals surface area (Å²) in [4.78, 5) is 17.2. The molecule has 0 radical (unpaired) electrons. The Hall–Kier alpha value is -3.45. The summed E-state index contributed by atoms with van der Waals surface area (Å²) in [6, 6.07) is 15.4. The zero-order valence-corrected chi connectivity index (χ0v) is 16.3. The molecule has 4 rings (SSSR count). The van der Waals surface area contributed by atoms with Gasteiger partial charge in [0.15, 0.2) is 5.65 Å². The second kappa shape index (κ2) is 7.89. The van der Waals surface area contributed by atoms with Crippen LogP contribution < -0.4 is 10.3 Å². The Kier molecular flexibility index (Phi) is 5.14. The third kappa shape index (κ3) is 3.90. The maximum atomic E-state index is 12.8. The number of hydrogen-bond donors (Lipinski definition) is 1. The number of para-hydroxylation sites is 1. The fourth-order valence-electron chi connectivity index (χ4n) is 3.26. The summed E-state index contributed by atoms with van der Waals surface area (Å²) in [5, 5.41) is 15.1. The standard InChI is InChI=1S/C22H22N4O3/c1-15-8-9-20(16(2)10-15)29-13-18(27)12-25-14-23-21-19(22(25)28)11-24-26(21)17-6-4-3-5-7-17/h3-11,14,18,27H,12-13H2,1-2H3. The SMILES string of the molecule is Cc1ccc(OCC(O)Cn2cnc3c(cnn3-c3ccccc3)c2=O)c(C)c1. The number of aliphatic hydroxyl groups excluding tert-OH is 1. The van der Waals surface area contributed by atoms with E-state index in [9.17, 15) is 9.90 Å². The van der Waals surface area contributed by atoms with E-state index in [4.69, 9.17) is 4.74 Å². The first-order valence-corrected chi connectivity index (χ1v) is 9.39. The largest absolute Gasteiger partial charge is 0.491 e. The summed E-state index contributed by atoms with van der Waals surface area (Å²) < 4.78 is 8.72. The van der Waals surface area contributed by atoms with Crippen molar-refractivity contribution in [3.8, 4) is 11.4 Å². The van der Waals surface area contributed by atoms with Crippen LogP contribution in [0.15, 0.2) is 65.8 Å². The van der Waals surface area contributed by atoms with Crippen molar-refractivity contribution >= 4 is 11.0 Å². The maximum absolute atomic E-state index is 12.8. The minimum Gasteiger partial charge on any atom is -0.491 e. The van der Waals surface area contributed by atoms with Crippen LogP contribution in [-0.4, -0.2) is 37.1 Å². The molecular formula is C22H22N4O3. The van der Waals surface area contributed by atoms with Gasteiger partial charge in [-0.1, -0.05) is 35.9 Å². The number of fused-ring (bicyclic) bond motifs is 1. The molecule has 0 fully saturated rings. The number of ether oxygens (including phenoxy) is 1. The molecule has 0 bridgehead atoms. The average molecular weight is 390 g/mol. The van der Waals surface area contributed by atoms with Crippen molar-refractivity contribution in [2.45, 2.75) is 26.5 Å². The van der Waals surface area contributed by atoms with Crippen molar-refractivity contribution in [1.82, 2.24) is 19.3 Å². The Morgan fingerprint density at radius 3 is 2.69 bits per heavy atom. The summed E-state index contributed by atoms with van der Waals surface area (Å²) in [6.07, 6.45) is 2.09. The molecule has 0 aliphatic rings. The van der Waals surface area contributed by atoms with E-state index in [1.165, 1.54) is 17.1 Å². The molecular weight excluding hydrogens is 368 g/mol. The Balaban J connectivity index is 1.51. The van der Waals surface area contributed by atoms with E-state index in [2.05, 4.69) is 10.1 Å². The highest BCUT2D eigenvalue weighted by atomic mass is 16.5. The molecule has 1 unspecified atom stereocenters. The van der Waals surface area contributed by atoms with Crippen molar-refractivity contribution in [3.05, 3.63) is 82.5 Å². The minimum absolute atomic E-state index is 0.0810. The van der Waals surface area contributed by atoms with Gasteiger partial charge in [-0.3, -0.25) is 9.36 Å². The van der Waals surface area contributed by atoms with Gasteiger partial charge in [0.25, 0.3) is 5.56 Å². The highest BCUT2D eigenvalue weighted by Crippen LogP contribution is 2.19. The average Bonchev–Trinajstić information content (AvgIpc) is 3.15. The fraction of sp³-hybridized carbons (Fsp3) is 0.227. The molecule has 1 atom stereocenters. The van der Waals surface area contributed by atoms with Gasteiger partial charge < -0.3 is 9.84 Å². The molecule has 148 valence electrons. The van der Waals surface area contributed by atoms with Gasteiger partial charge in [0.1, 0.15) is 30.2 Å². The third-order valence-electron chi connectivity index (χ3n) is 4.72. The zero-order valence-electron chi connectivity index (χ0n) is 16.3. The zero-order chi connectivity index (χ0) is 20.4. The van der Waals surface area contributed by atoms with Crippen LogP contribution in [0.1, 0.15) is 11.1 Å². The molecule has 0 spiro atoms. The van der Waals surface area contributed by atoms with Crippen LogP contribution in [0.25, 0.3) is 16.7 Å². The number of hydrogen-bond acceptors (Lipinski definition) is 5. The van der Waals surface area contributed by atoms with E-state index in [1.54, 1.807) is 4.68 Å². The molecule has 7 heteroatoms. The van der Waals surface area contributed by atoms with Crippen molar-refractivity contribution in [2.75, 3.05) is 6.61 Å². The molecule has 0 saturated heterocycles. The first-order valence-electron chi connectivity index (χ1n) is 9.39. The monoisotopic (exact) mass is 390 g/mol. The van der Waals surface area contributed by atoms with Crippen molar-refractivity contribution in [2.24, 2.45) is 0 Å². The first-order chi connectivity index (χ1) is 14.0. The molecule has 2 heterocycles. The van der Waals surface area contributed by atoms with Crippen LogP contribution in [0.5, 0.6) is 5.75 Å². The summed E-state index contributed by atoms with van der Waals surface area (Å²) in [7, 11) is 0. The number of aryl methyl sites for hydroxylation is 2. The molecule has 1 N–H and O–H groups in total. The Morgan fingerprint density at radius 1 is 1.14 bits per heavy atom. The van der Waals surface area contributed by atoms with Gasteiger partial charge in [-0.25, -0.2) is 9.67 Å². The predicted molar refractivity (Wildman–Crippen MR) is 111 cm³/mol. The third-order valence-corrected chi connectivity index (χ3v) is 4.72. The molecule has 0 aliphatic heterocycles. The van der Waals surface area contributed by atoms with Gasteiger partial charge in [0, 0.05) is 0 Å². The van der Waals surface area contributed by atoms with Crippen LogP contribution in [-0.2, 0) is 6.54 Å². The van der Waals surface area contributed by atoms with Crippen LogP contribution >= 0.6 is 0 Å². The fourth-order valence-corrected chi connectivity index (χ4v) is 3.26. The molecule has 0 saturated carbocycles. The lowest BCUT2D eigenvalue weighted by Gasteiger charge is -2.15. The van der Waals surface area contributed by atoms with E-state index in [0.29, 0.717) is 11.0 Å². The molecule has 2 aromatic heterocycles. The van der Waals surface area contributed by atoms with Crippen LogP contribution in [0.3, 0.4) is 0 Å². The topological polar surface area (TPSA) is 82.2 Å². The summed E-state index contributed by atoms with van der Waals surface area (Å²) in [6.45, 7) is 4.14. The second-order valence-corrected chi connectivity index (χ2v) is 7.07. The van der Waals surface area contributed by atoms with Crippen molar-refractivity contribution in [3.63, 3.8) is 0 Å². The molecule has 0 amide bonds. The maximum Gasteiger partial charge on any atom is 0.264 e. The highest BCUT2D eigenvalue weighted by Gasteiger charge is 2.14. The van der Waals surface area contributed by atoms with Gasteiger partial charge in [-0.2, -0.15) is 5.10 Å². The smallest absolute Gasteiger partial charge is 0.264 e. The van der Waals surface area contributed by atoms with Crippen molar-refractivity contribution in [1.29, 1.82) is 0 Å². The summed E-state index contributed by atoms with van der Waals surface area (Å²) in [5.41, 5.74) is 3.22. The lowest BCUT2D eigenvalue weighted by molar-refractivity contribution is 0.0911. The van der Waals surface area contributed by atoms with E-state index < -0.39 is 6.10 Å². The lowest BCUT2D eigenvalue weighted by atomic mass is 10.1. The number of aromatic nitrogens is 4. The molecule has 4 aromatic rings. The second-order valence-electron chi connectivity index (χ2n) is 7.07. The van der Waals surface area contributed by atoms with E-state index >= 15 is 0 Å². The van der Waals surface area contributed by atoms with Crippen LogP contribution in [0.4, 0.5) is 0 Å². The minimum atomic E-state index is -0.850. The van der Waals surface area contributed by atoms with Crippen molar-refractivity contribution < 1.29 is 9.84 Å². The van der Waals surface area contributed by atoms with E-state index in [0.717, 1.165) is 22.6 Å². The first kappa shape index (κ1) is 18.9. The number of benzene rings is 2. The van der Waals surface area contributed by atoms with E-state index in [1.807, 2.05) is 62.4 Å². The number of aliphatic hydroxyl groups is 1. The van der Waals surface area contributed by atoms with Crippen LogP contribution in [0, 0.1) is 13.8 Å².